The number of thioether (sulfide) groups is 2. The highest BCUT2D eigenvalue weighted by Gasteiger charge is 2.31. The molecule has 1 nitrogen and oxygen atoms in total. The Kier molecular flexibility index (Phi) is 4.15. The van der Waals surface area contributed by atoms with Gasteiger partial charge < -0.3 is 0 Å². The Hall–Kier alpha value is -0.480. The largest absolute Gasteiger partial charge is 0.293 e. The monoisotopic (exact) mass is 270 g/mol. The van der Waals surface area contributed by atoms with Crippen molar-refractivity contribution in [1.29, 1.82) is 0 Å². The number of carbonyl (C=O) groups excluding carboxylic acids is 1. The third kappa shape index (κ3) is 2.86. The Bertz CT molecular complexity index is 422. The maximum atomic E-state index is 13.5. The molecule has 0 spiro atoms. The van der Waals surface area contributed by atoms with Crippen molar-refractivity contribution in [2.45, 2.75) is 29.6 Å². The van der Waals surface area contributed by atoms with E-state index >= 15 is 0 Å². The van der Waals surface area contributed by atoms with Crippen LogP contribution in [0.4, 0.5) is 4.39 Å². The lowest BCUT2D eigenvalue weighted by Gasteiger charge is -2.30. The number of Topliss-reactive ketones (excluding diaryl/α,β-unsaturated/α-hetero) is 1. The Balaban J connectivity index is 2.14. The highest BCUT2D eigenvalue weighted by molar-refractivity contribution is 8.08. The van der Waals surface area contributed by atoms with Gasteiger partial charge >= 0.3 is 0 Å². The van der Waals surface area contributed by atoms with Crippen molar-refractivity contribution < 1.29 is 9.18 Å². The molecule has 0 amide bonds. The number of halogens is 1. The van der Waals surface area contributed by atoms with Gasteiger partial charge in [-0.3, -0.25) is 4.79 Å². The molecule has 0 aromatic heterocycles. The molecule has 1 fully saturated rings. The third-order valence-electron chi connectivity index (χ3n) is 2.98. The second-order valence-corrected chi connectivity index (χ2v) is 7.21. The van der Waals surface area contributed by atoms with Crippen LogP contribution in [0.1, 0.15) is 24.2 Å². The lowest BCUT2D eigenvalue weighted by Crippen LogP contribution is -2.32. The van der Waals surface area contributed by atoms with Gasteiger partial charge in [0, 0.05) is 16.3 Å². The fourth-order valence-corrected chi connectivity index (χ4v) is 4.62. The number of carbonyl (C=O) groups is 1. The van der Waals surface area contributed by atoms with Crippen molar-refractivity contribution in [3.8, 4) is 0 Å². The van der Waals surface area contributed by atoms with E-state index in [4.69, 9.17) is 0 Å². The minimum absolute atomic E-state index is 0.0700. The van der Waals surface area contributed by atoms with Crippen LogP contribution in [0.15, 0.2) is 24.3 Å². The average molecular weight is 270 g/mol. The molecule has 92 valence electrons. The molecule has 3 atom stereocenters. The van der Waals surface area contributed by atoms with Crippen molar-refractivity contribution in [2.24, 2.45) is 0 Å². The molecule has 4 heteroatoms. The molecular weight excluding hydrogens is 255 g/mol. The van der Waals surface area contributed by atoms with Crippen LogP contribution in [0, 0.1) is 5.82 Å². The first-order valence-electron chi connectivity index (χ1n) is 5.65. The molecule has 1 aliphatic heterocycles. The fourth-order valence-electron chi connectivity index (χ4n) is 1.76. The zero-order valence-corrected chi connectivity index (χ0v) is 11.5. The van der Waals surface area contributed by atoms with Crippen molar-refractivity contribution >= 4 is 29.3 Å². The van der Waals surface area contributed by atoms with Crippen LogP contribution in [-0.2, 0) is 0 Å². The number of ketones is 1. The van der Waals surface area contributed by atoms with Crippen LogP contribution in [0.5, 0.6) is 0 Å². The number of benzene rings is 1. The topological polar surface area (TPSA) is 17.1 Å². The molecule has 2 rings (SSSR count). The summed E-state index contributed by atoms with van der Waals surface area (Å²) in [6.07, 6.45) is 0. The third-order valence-corrected chi connectivity index (χ3v) is 6.37. The van der Waals surface area contributed by atoms with E-state index in [9.17, 15) is 9.18 Å². The predicted octanol–water partition coefficient (Wildman–Crippen LogP) is 3.63. The molecule has 1 aromatic carbocycles. The van der Waals surface area contributed by atoms with Crippen LogP contribution in [0.25, 0.3) is 0 Å². The molecule has 0 aliphatic carbocycles. The maximum absolute atomic E-state index is 13.5. The summed E-state index contributed by atoms with van der Waals surface area (Å²) in [4.78, 5) is 12.2. The average Bonchev–Trinajstić information content (AvgIpc) is 2.32. The molecule has 1 aromatic rings. The summed E-state index contributed by atoms with van der Waals surface area (Å²) >= 11 is 3.47. The van der Waals surface area contributed by atoms with E-state index in [1.807, 2.05) is 0 Å². The second-order valence-electron chi connectivity index (χ2n) is 4.21. The lowest BCUT2D eigenvalue weighted by atomic mass is 10.1. The molecular formula is C13H15FOS2. The van der Waals surface area contributed by atoms with Crippen molar-refractivity contribution in [1.82, 2.24) is 0 Å². The van der Waals surface area contributed by atoms with Gasteiger partial charge in [-0.15, -0.1) is 11.8 Å². The molecule has 3 unspecified atom stereocenters. The van der Waals surface area contributed by atoms with E-state index in [2.05, 4.69) is 13.8 Å². The van der Waals surface area contributed by atoms with Gasteiger partial charge in [0.25, 0.3) is 0 Å². The van der Waals surface area contributed by atoms with Crippen LogP contribution >= 0.6 is 23.5 Å². The van der Waals surface area contributed by atoms with Gasteiger partial charge in [-0.05, 0) is 12.1 Å². The zero-order chi connectivity index (χ0) is 12.4. The maximum Gasteiger partial charge on any atom is 0.179 e. The summed E-state index contributed by atoms with van der Waals surface area (Å²) < 4.78 is 13.5. The molecule has 0 bridgehead atoms. The summed E-state index contributed by atoms with van der Waals surface area (Å²) in [7, 11) is 0. The molecule has 1 aliphatic rings. The van der Waals surface area contributed by atoms with Crippen molar-refractivity contribution in [3.05, 3.63) is 35.6 Å². The summed E-state index contributed by atoms with van der Waals surface area (Å²) in [6.45, 7) is 4.30. The first-order valence-corrected chi connectivity index (χ1v) is 7.64. The number of hydrogen-bond donors (Lipinski definition) is 0. The van der Waals surface area contributed by atoms with Crippen LogP contribution in [0.2, 0.25) is 0 Å². The lowest BCUT2D eigenvalue weighted by molar-refractivity contribution is 0.0991. The zero-order valence-electron chi connectivity index (χ0n) is 9.85. The molecule has 1 saturated heterocycles. The van der Waals surface area contributed by atoms with Gasteiger partial charge in [-0.2, -0.15) is 11.8 Å². The van der Waals surface area contributed by atoms with Crippen molar-refractivity contribution in [3.63, 3.8) is 0 Å². The van der Waals surface area contributed by atoms with Gasteiger partial charge in [0.15, 0.2) is 5.78 Å². The van der Waals surface area contributed by atoms with Crippen LogP contribution < -0.4 is 0 Å². The first-order chi connectivity index (χ1) is 8.09. The second kappa shape index (κ2) is 5.44. The van der Waals surface area contributed by atoms with E-state index in [1.165, 1.54) is 6.07 Å². The van der Waals surface area contributed by atoms with Gasteiger partial charge in [0.05, 0.1) is 10.8 Å². The highest BCUT2D eigenvalue weighted by atomic mass is 32.2. The Morgan fingerprint density at radius 3 is 2.65 bits per heavy atom. The first kappa shape index (κ1) is 13.0. The smallest absolute Gasteiger partial charge is 0.179 e. The van der Waals surface area contributed by atoms with Gasteiger partial charge in [0.1, 0.15) is 5.82 Å². The Labute approximate surface area is 110 Å². The molecule has 1 heterocycles. The highest BCUT2D eigenvalue weighted by Crippen LogP contribution is 2.37. The van der Waals surface area contributed by atoms with E-state index in [1.54, 1.807) is 41.7 Å². The minimum Gasteiger partial charge on any atom is -0.293 e. The van der Waals surface area contributed by atoms with E-state index in [-0.39, 0.29) is 16.6 Å². The van der Waals surface area contributed by atoms with Gasteiger partial charge in [-0.1, -0.05) is 26.0 Å². The normalized spacial score (nSPS) is 29.0. The molecule has 0 saturated carbocycles. The summed E-state index contributed by atoms with van der Waals surface area (Å²) in [6, 6.07) is 6.24. The SMILES string of the molecule is CC1SCC(C(=O)c2ccccc2F)SC1C. The predicted molar refractivity (Wildman–Crippen MR) is 73.5 cm³/mol. The van der Waals surface area contributed by atoms with Crippen LogP contribution in [0.3, 0.4) is 0 Å². The van der Waals surface area contributed by atoms with E-state index in [0.29, 0.717) is 10.5 Å². The Morgan fingerprint density at radius 1 is 1.29 bits per heavy atom. The van der Waals surface area contributed by atoms with E-state index in [0.717, 1.165) is 5.75 Å². The standard InChI is InChI=1S/C13H15FOS2/c1-8-9(2)17-12(7-16-8)13(15)10-5-3-4-6-11(10)14/h3-6,8-9,12H,7H2,1-2H3. The number of hydrogen-bond acceptors (Lipinski definition) is 3. The van der Waals surface area contributed by atoms with Gasteiger partial charge in [-0.25, -0.2) is 4.39 Å². The Morgan fingerprint density at radius 2 is 2.00 bits per heavy atom. The summed E-state index contributed by atoms with van der Waals surface area (Å²) in [5.74, 6) is 0.303. The summed E-state index contributed by atoms with van der Waals surface area (Å²) in [5.41, 5.74) is 0.229. The summed E-state index contributed by atoms with van der Waals surface area (Å²) in [5, 5.41) is 0.891. The molecule has 0 radical (unpaired) electrons. The fraction of sp³-hybridized carbons (Fsp3) is 0.462. The van der Waals surface area contributed by atoms with E-state index < -0.39 is 5.82 Å². The molecule has 17 heavy (non-hydrogen) atoms. The molecule has 0 N–H and O–H groups in total. The minimum atomic E-state index is -0.408. The van der Waals surface area contributed by atoms with Crippen molar-refractivity contribution in [2.75, 3.05) is 5.75 Å². The van der Waals surface area contributed by atoms with Crippen LogP contribution in [-0.4, -0.2) is 27.3 Å². The quantitative estimate of drug-likeness (QED) is 0.764. The van der Waals surface area contributed by atoms with Gasteiger partial charge in [0.2, 0.25) is 0 Å². The number of rotatable bonds is 2.